The first kappa shape index (κ1) is 17.8. The molecule has 5 heteroatoms. The molecule has 1 aromatic rings. The van der Waals surface area contributed by atoms with Crippen molar-refractivity contribution in [3.8, 4) is 0 Å². The number of carbonyl (C=O) groups is 2. The molecule has 0 heterocycles. The number of benzene rings is 1. The van der Waals surface area contributed by atoms with Gasteiger partial charge in [-0.15, -0.1) is 0 Å². The molecule has 2 amide bonds. The average molecular weight is 337 g/mol. The fourth-order valence-corrected chi connectivity index (χ4v) is 3.11. The van der Waals surface area contributed by atoms with Gasteiger partial charge in [-0.2, -0.15) is 0 Å². The second-order valence-corrected chi connectivity index (χ2v) is 6.77. The summed E-state index contributed by atoms with van der Waals surface area (Å²) in [6, 6.07) is 6.30. The number of hydrogen-bond acceptors (Lipinski definition) is 2. The van der Waals surface area contributed by atoms with Crippen molar-refractivity contribution in [2.75, 3.05) is 0 Å². The number of hydrogen-bond donors (Lipinski definition) is 2. The maximum Gasteiger partial charge on any atom is 0.251 e. The number of rotatable bonds is 5. The summed E-state index contributed by atoms with van der Waals surface area (Å²) in [5.41, 5.74) is 0.498. The second kappa shape index (κ2) is 8.34. The highest BCUT2D eigenvalue weighted by atomic mass is 35.5. The number of carbonyl (C=O) groups excluding carboxylic acids is 2. The largest absolute Gasteiger partial charge is 0.352 e. The van der Waals surface area contributed by atoms with Crippen LogP contribution in [0.5, 0.6) is 0 Å². The van der Waals surface area contributed by atoms with E-state index >= 15 is 0 Å². The van der Waals surface area contributed by atoms with Gasteiger partial charge in [0.15, 0.2) is 0 Å². The molecule has 0 spiro atoms. The number of amides is 2. The topological polar surface area (TPSA) is 58.2 Å². The van der Waals surface area contributed by atoms with Crippen LogP contribution >= 0.6 is 11.6 Å². The summed E-state index contributed by atoms with van der Waals surface area (Å²) in [7, 11) is 0. The van der Waals surface area contributed by atoms with Crippen LogP contribution in [0.3, 0.4) is 0 Å². The third-order valence-electron chi connectivity index (χ3n) is 4.62. The molecule has 0 bridgehead atoms. The summed E-state index contributed by atoms with van der Waals surface area (Å²) >= 11 is 5.81. The van der Waals surface area contributed by atoms with Crippen molar-refractivity contribution in [3.05, 3.63) is 34.9 Å². The lowest BCUT2D eigenvalue weighted by Gasteiger charge is -2.29. The lowest BCUT2D eigenvalue weighted by atomic mass is 9.84. The molecule has 1 fully saturated rings. The Morgan fingerprint density at radius 2 is 1.78 bits per heavy atom. The Morgan fingerprint density at radius 1 is 1.17 bits per heavy atom. The van der Waals surface area contributed by atoms with Crippen LogP contribution < -0.4 is 10.6 Å². The Kier molecular flexibility index (Phi) is 6.46. The van der Waals surface area contributed by atoms with E-state index in [0.29, 0.717) is 10.6 Å². The number of nitrogens with one attached hydrogen (secondary N) is 2. The summed E-state index contributed by atoms with van der Waals surface area (Å²) < 4.78 is 0. The number of halogens is 1. The van der Waals surface area contributed by atoms with Gasteiger partial charge in [-0.05, 0) is 62.8 Å². The van der Waals surface area contributed by atoms with Crippen LogP contribution in [-0.4, -0.2) is 23.9 Å². The monoisotopic (exact) mass is 336 g/mol. The molecule has 1 unspecified atom stereocenters. The van der Waals surface area contributed by atoms with Gasteiger partial charge in [-0.3, -0.25) is 9.59 Å². The lowest BCUT2D eigenvalue weighted by molar-refractivity contribution is -0.123. The normalized spacial score (nSPS) is 22.2. The zero-order valence-electron chi connectivity index (χ0n) is 13.8. The maximum atomic E-state index is 12.2. The van der Waals surface area contributed by atoms with Crippen molar-refractivity contribution in [3.63, 3.8) is 0 Å². The molecule has 0 saturated heterocycles. The van der Waals surface area contributed by atoms with Crippen LogP contribution in [0.15, 0.2) is 24.3 Å². The Morgan fingerprint density at radius 3 is 2.35 bits per heavy atom. The van der Waals surface area contributed by atoms with Crippen LogP contribution in [0, 0.1) is 5.92 Å². The smallest absolute Gasteiger partial charge is 0.251 e. The molecule has 1 atom stereocenters. The summed E-state index contributed by atoms with van der Waals surface area (Å²) in [4.78, 5) is 24.3. The molecular weight excluding hydrogens is 312 g/mol. The summed E-state index contributed by atoms with van der Waals surface area (Å²) in [5.74, 6) is 0.413. The van der Waals surface area contributed by atoms with Crippen molar-refractivity contribution in [1.29, 1.82) is 0 Å². The predicted octanol–water partition coefficient (Wildman–Crippen LogP) is 3.54. The van der Waals surface area contributed by atoms with Crippen LogP contribution in [0.4, 0.5) is 0 Å². The maximum absolute atomic E-state index is 12.2. The van der Waals surface area contributed by atoms with E-state index < -0.39 is 6.04 Å². The van der Waals surface area contributed by atoms with Gasteiger partial charge in [0.2, 0.25) is 5.91 Å². The van der Waals surface area contributed by atoms with Gasteiger partial charge < -0.3 is 10.6 Å². The van der Waals surface area contributed by atoms with Gasteiger partial charge in [0, 0.05) is 16.6 Å². The summed E-state index contributed by atoms with van der Waals surface area (Å²) in [5, 5.41) is 6.36. The minimum Gasteiger partial charge on any atom is -0.352 e. The first-order valence-corrected chi connectivity index (χ1v) is 8.74. The van der Waals surface area contributed by atoms with E-state index in [1.54, 1.807) is 31.2 Å². The third kappa shape index (κ3) is 5.24. The van der Waals surface area contributed by atoms with Crippen LogP contribution in [0.1, 0.15) is 56.3 Å². The molecule has 2 N–H and O–H groups in total. The van der Waals surface area contributed by atoms with Crippen molar-refractivity contribution in [1.82, 2.24) is 10.6 Å². The van der Waals surface area contributed by atoms with Gasteiger partial charge >= 0.3 is 0 Å². The van der Waals surface area contributed by atoms with E-state index in [1.807, 2.05) is 0 Å². The fourth-order valence-electron chi connectivity index (χ4n) is 2.99. The molecule has 1 aliphatic rings. The highest BCUT2D eigenvalue weighted by Gasteiger charge is 2.24. The van der Waals surface area contributed by atoms with Gasteiger partial charge in [0.25, 0.3) is 5.91 Å². The molecular formula is C18H25ClN2O2. The minimum atomic E-state index is -0.554. The predicted molar refractivity (Wildman–Crippen MR) is 92.6 cm³/mol. The first-order chi connectivity index (χ1) is 11.0. The standard InChI is InChI=1S/C18H25ClN2O2/c1-3-13-4-10-16(11-5-13)21-17(22)12(2)20-18(23)14-6-8-15(19)9-7-14/h6-9,12-13,16H,3-5,10-11H2,1-2H3,(H,20,23)(H,21,22). The molecule has 0 aliphatic heterocycles. The highest BCUT2D eigenvalue weighted by molar-refractivity contribution is 6.30. The van der Waals surface area contributed by atoms with Crippen LogP contribution in [0.2, 0.25) is 5.02 Å². The van der Waals surface area contributed by atoms with E-state index in [0.717, 1.165) is 18.8 Å². The SMILES string of the molecule is CCC1CCC(NC(=O)C(C)NC(=O)c2ccc(Cl)cc2)CC1. The zero-order chi connectivity index (χ0) is 16.8. The average Bonchev–Trinajstić information content (AvgIpc) is 2.56. The molecule has 4 nitrogen and oxygen atoms in total. The van der Waals surface area contributed by atoms with E-state index in [1.165, 1.54) is 19.3 Å². The molecule has 1 aliphatic carbocycles. The van der Waals surface area contributed by atoms with Gasteiger partial charge in [0.05, 0.1) is 0 Å². The summed E-state index contributed by atoms with van der Waals surface area (Å²) in [6.07, 6.45) is 5.62. The molecule has 2 rings (SSSR count). The third-order valence-corrected chi connectivity index (χ3v) is 4.87. The molecule has 1 saturated carbocycles. The summed E-state index contributed by atoms with van der Waals surface area (Å²) in [6.45, 7) is 3.93. The molecule has 126 valence electrons. The Hall–Kier alpha value is -1.55. The molecule has 0 radical (unpaired) electrons. The quantitative estimate of drug-likeness (QED) is 0.864. The van der Waals surface area contributed by atoms with Crippen molar-refractivity contribution >= 4 is 23.4 Å². The Bertz CT molecular complexity index is 536. The van der Waals surface area contributed by atoms with Crippen molar-refractivity contribution < 1.29 is 9.59 Å². The minimum absolute atomic E-state index is 0.118. The van der Waals surface area contributed by atoms with Crippen molar-refractivity contribution in [2.45, 2.75) is 58.0 Å². The Labute approximate surface area is 143 Å². The van der Waals surface area contributed by atoms with E-state index in [4.69, 9.17) is 11.6 Å². The van der Waals surface area contributed by atoms with Crippen LogP contribution in [-0.2, 0) is 4.79 Å². The molecule has 0 aromatic heterocycles. The zero-order valence-corrected chi connectivity index (χ0v) is 14.5. The van der Waals surface area contributed by atoms with E-state index in [-0.39, 0.29) is 17.9 Å². The molecule has 23 heavy (non-hydrogen) atoms. The first-order valence-electron chi connectivity index (χ1n) is 8.36. The van der Waals surface area contributed by atoms with Crippen molar-refractivity contribution in [2.24, 2.45) is 5.92 Å². The lowest BCUT2D eigenvalue weighted by Crippen LogP contribution is -2.48. The van der Waals surface area contributed by atoms with E-state index in [2.05, 4.69) is 17.6 Å². The van der Waals surface area contributed by atoms with Gasteiger partial charge in [0.1, 0.15) is 6.04 Å². The highest BCUT2D eigenvalue weighted by Crippen LogP contribution is 2.26. The van der Waals surface area contributed by atoms with Gasteiger partial charge in [-0.25, -0.2) is 0 Å². The molecule has 1 aromatic carbocycles. The van der Waals surface area contributed by atoms with E-state index in [9.17, 15) is 9.59 Å². The fraction of sp³-hybridized carbons (Fsp3) is 0.556. The van der Waals surface area contributed by atoms with Gasteiger partial charge in [-0.1, -0.05) is 24.9 Å². The Balaban J connectivity index is 1.80. The second-order valence-electron chi connectivity index (χ2n) is 6.34. The van der Waals surface area contributed by atoms with Crippen LogP contribution in [0.25, 0.3) is 0 Å².